The summed E-state index contributed by atoms with van der Waals surface area (Å²) in [5.74, 6) is 0. The van der Waals surface area contributed by atoms with Crippen LogP contribution >= 0.6 is 0 Å². The average molecular weight is 555 g/mol. The molecule has 14 heteroatoms. The fourth-order valence-electron chi connectivity index (χ4n) is 3.49. The number of hydrogen-bond donors (Lipinski definition) is 4. The fourth-order valence-corrected chi connectivity index (χ4v) is 8.72. The van der Waals surface area contributed by atoms with Crippen LogP contribution in [0.1, 0.15) is 54.4 Å². The minimum atomic E-state index is -2.69. The summed E-state index contributed by atoms with van der Waals surface area (Å²) in [6.07, 6.45) is 1.36. The number of amides is 4. The van der Waals surface area contributed by atoms with Crippen LogP contribution in [0.2, 0.25) is 12.1 Å². The molecule has 0 aromatic rings. The number of carbonyl (C=O) groups is 2. The molecule has 0 saturated heterocycles. The van der Waals surface area contributed by atoms with Gasteiger partial charge in [0, 0.05) is 77.9 Å². The van der Waals surface area contributed by atoms with Gasteiger partial charge in [-0.1, -0.05) is 0 Å². The lowest BCUT2D eigenvalue weighted by molar-refractivity contribution is 0.0700. The van der Waals surface area contributed by atoms with Crippen molar-refractivity contribution in [2.45, 2.75) is 66.5 Å². The predicted molar refractivity (Wildman–Crippen MR) is 143 cm³/mol. The van der Waals surface area contributed by atoms with Crippen LogP contribution < -0.4 is 21.3 Å². The minimum Gasteiger partial charge on any atom is -0.374 e. The van der Waals surface area contributed by atoms with Gasteiger partial charge in [-0.25, -0.2) is 9.59 Å². The summed E-state index contributed by atoms with van der Waals surface area (Å²) in [6, 6.07) is 0.678. The zero-order valence-corrected chi connectivity index (χ0v) is 25.2. The molecule has 0 aromatic carbocycles. The lowest BCUT2D eigenvalue weighted by Crippen LogP contribution is -2.47. The van der Waals surface area contributed by atoms with Crippen molar-refractivity contribution >= 4 is 29.7 Å². The van der Waals surface area contributed by atoms with E-state index in [-0.39, 0.29) is 12.1 Å². The van der Waals surface area contributed by atoms with Crippen molar-refractivity contribution in [1.29, 1.82) is 0 Å². The summed E-state index contributed by atoms with van der Waals surface area (Å²) in [5, 5.41) is 11.0. The average Bonchev–Trinajstić information content (AvgIpc) is 2.83. The van der Waals surface area contributed by atoms with Gasteiger partial charge in [0.25, 0.3) is 0 Å². The number of nitrogens with one attached hydrogen (secondary N) is 4. The van der Waals surface area contributed by atoms with Gasteiger partial charge < -0.3 is 47.8 Å². The first kappa shape index (κ1) is 34.7. The lowest BCUT2D eigenvalue weighted by atomic mass is 10.5. The summed E-state index contributed by atoms with van der Waals surface area (Å²) in [5.41, 5.74) is 0. The summed E-state index contributed by atoms with van der Waals surface area (Å²) < 4.78 is 34.8. The van der Waals surface area contributed by atoms with Crippen molar-refractivity contribution in [3.05, 3.63) is 0 Å². The van der Waals surface area contributed by atoms with Gasteiger partial charge in [0.2, 0.25) is 0 Å². The minimum absolute atomic E-state index is 0.294. The van der Waals surface area contributed by atoms with Crippen molar-refractivity contribution in [2.75, 3.05) is 65.8 Å². The second-order valence-electron chi connectivity index (χ2n) is 7.54. The Bertz CT molecular complexity index is 496. The maximum atomic E-state index is 12.0. The zero-order valence-electron chi connectivity index (χ0n) is 23.2. The van der Waals surface area contributed by atoms with Gasteiger partial charge in [0.15, 0.2) is 0 Å². The second-order valence-corrected chi connectivity index (χ2v) is 13.0. The Morgan fingerprint density at radius 3 is 0.972 bits per heavy atom. The smallest absolute Gasteiger partial charge is 0.374 e. The molecule has 0 aliphatic heterocycles. The van der Waals surface area contributed by atoms with Crippen LogP contribution in [-0.4, -0.2) is 95.5 Å². The summed E-state index contributed by atoms with van der Waals surface area (Å²) in [4.78, 5) is 24.0. The van der Waals surface area contributed by atoms with Crippen LogP contribution in [0.25, 0.3) is 0 Å². The highest BCUT2D eigenvalue weighted by Crippen LogP contribution is 2.18. The highest BCUT2D eigenvalue weighted by molar-refractivity contribution is 6.61. The molecule has 0 radical (unpaired) electrons. The molecule has 0 rings (SSSR count). The largest absolute Gasteiger partial charge is 0.500 e. The SMILES string of the molecule is CCO[Si](CCCNC(=O)NCCNC(=O)NCCC[Si](OCC)(OCC)OCC)(OCC)OCC. The molecule has 0 fully saturated rings. The Hall–Kier alpha value is -1.27. The van der Waals surface area contributed by atoms with Crippen LogP contribution in [0.15, 0.2) is 0 Å². The third-order valence-corrected chi connectivity index (χ3v) is 11.1. The number of carbonyl (C=O) groups excluding carboxylic acids is 2. The Balaban J connectivity index is 4.07. The monoisotopic (exact) mass is 554 g/mol. The van der Waals surface area contributed by atoms with E-state index in [0.29, 0.717) is 90.8 Å². The van der Waals surface area contributed by atoms with E-state index in [1.807, 2.05) is 41.5 Å². The molecule has 0 saturated carbocycles. The molecule has 4 N–H and O–H groups in total. The molecule has 0 atom stereocenters. The third kappa shape index (κ3) is 15.8. The molecule has 12 nitrogen and oxygen atoms in total. The van der Waals surface area contributed by atoms with Crippen molar-refractivity contribution in [3.63, 3.8) is 0 Å². The van der Waals surface area contributed by atoms with Gasteiger partial charge in [-0.15, -0.1) is 0 Å². The normalized spacial score (nSPS) is 11.8. The van der Waals surface area contributed by atoms with E-state index < -0.39 is 17.6 Å². The standard InChI is InChI=1S/C22H50N4O8Si2/c1-7-29-35(30-8-2,31-9-3)19-13-15-23-21(27)25-17-18-26-22(28)24-16-14-20-36(32-10-4,33-11-5)34-12-6/h7-20H2,1-6H3,(H2,23,25,27)(H2,24,26,28). The second kappa shape index (κ2) is 21.8. The van der Waals surface area contributed by atoms with Gasteiger partial charge in [-0.05, 0) is 54.4 Å². The Morgan fingerprint density at radius 2 is 0.722 bits per heavy atom. The maximum absolute atomic E-state index is 12.0. The number of hydrogen-bond acceptors (Lipinski definition) is 8. The third-order valence-electron chi connectivity index (χ3n) is 4.77. The van der Waals surface area contributed by atoms with Crippen molar-refractivity contribution in [1.82, 2.24) is 21.3 Å². The molecule has 0 aliphatic rings. The van der Waals surface area contributed by atoms with Crippen LogP contribution in [0.4, 0.5) is 9.59 Å². The van der Waals surface area contributed by atoms with Crippen LogP contribution in [0, 0.1) is 0 Å². The molecule has 4 amide bonds. The van der Waals surface area contributed by atoms with E-state index >= 15 is 0 Å². The van der Waals surface area contributed by atoms with Gasteiger partial charge in [-0.2, -0.15) is 0 Å². The number of urea groups is 2. The molecular formula is C22H50N4O8Si2. The molecule has 0 aromatic heterocycles. The quantitative estimate of drug-likeness (QED) is 0.112. The van der Waals surface area contributed by atoms with Crippen LogP contribution in [0.5, 0.6) is 0 Å². The first-order valence-electron chi connectivity index (χ1n) is 13.2. The van der Waals surface area contributed by atoms with Crippen molar-refractivity contribution in [3.8, 4) is 0 Å². The Labute approximate surface area is 219 Å². The Kier molecular flexibility index (Phi) is 21.0. The fraction of sp³-hybridized carbons (Fsp3) is 0.909. The van der Waals surface area contributed by atoms with Crippen LogP contribution in [0.3, 0.4) is 0 Å². The summed E-state index contributed by atoms with van der Waals surface area (Å²) in [7, 11) is -5.39. The van der Waals surface area contributed by atoms with Gasteiger partial charge in [0.1, 0.15) is 0 Å². The highest BCUT2D eigenvalue weighted by atomic mass is 28.4. The number of rotatable bonds is 23. The lowest BCUT2D eigenvalue weighted by Gasteiger charge is -2.28. The maximum Gasteiger partial charge on any atom is 0.500 e. The van der Waals surface area contributed by atoms with E-state index in [2.05, 4.69) is 21.3 Å². The molecule has 0 unspecified atom stereocenters. The zero-order chi connectivity index (χ0) is 27.1. The summed E-state index contributed by atoms with van der Waals surface area (Å²) in [6.45, 7) is 16.2. The van der Waals surface area contributed by atoms with Gasteiger partial charge in [-0.3, -0.25) is 0 Å². The van der Waals surface area contributed by atoms with Crippen LogP contribution in [-0.2, 0) is 26.6 Å². The van der Waals surface area contributed by atoms with E-state index in [4.69, 9.17) is 26.6 Å². The van der Waals surface area contributed by atoms with E-state index in [0.717, 1.165) is 0 Å². The first-order valence-corrected chi connectivity index (χ1v) is 17.1. The van der Waals surface area contributed by atoms with Crippen molar-refractivity contribution < 1.29 is 36.1 Å². The first-order chi connectivity index (χ1) is 17.4. The molecule has 0 heterocycles. The Morgan fingerprint density at radius 1 is 0.472 bits per heavy atom. The topological polar surface area (TPSA) is 138 Å². The molecule has 0 aliphatic carbocycles. The predicted octanol–water partition coefficient (Wildman–Crippen LogP) is 2.46. The van der Waals surface area contributed by atoms with E-state index in [1.165, 1.54) is 0 Å². The highest BCUT2D eigenvalue weighted by Gasteiger charge is 2.40. The molecular weight excluding hydrogens is 504 g/mol. The molecule has 36 heavy (non-hydrogen) atoms. The molecule has 0 bridgehead atoms. The molecule has 0 spiro atoms. The van der Waals surface area contributed by atoms with Gasteiger partial charge in [0.05, 0.1) is 0 Å². The van der Waals surface area contributed by atoms with E-state index in [9.17, 15) is 9.59 Å². The van der Waals surface area contributed by atoms with Crippen molar-refractivity contribution in [2.24, 2.45) is 0 Å². The van der Waals surface area contributed by atoms with Gasteiger partial charge >= 0.3 is 29.7 Å². The van der Waals surface area contributed by atoms with E-state index in [1.54, 1.807) is 0 Å². The molecule has 214 valence electrons. The summed E-state index contributed by atoms with van der Waals surface area (Å²) >= 11 is 0.